The number of rotatable bonds is 5. The fraction of sp³-hybridized carbons (Fsp3) is 0.375. The quantitative estimate of drug-likeness (QED) is 0.684. The molecule has 7 nitrogen and oxygen atoms in total. The topological polar surface area (TPSA) is 88.8 Å². The monoisotopic (exact) mass is 460 g/mol. The van der Waals surface area contributed by atoms with Crippen LogP contribution in [0.3, 0.4) is 0 Å². The average molecular weight is 461 g/mol. The number of nitrogens with zero attached hydrogens (tertiary/aromatic N) is 1. The number of benzene rings is 1. The minimum Gasteiger partial charge on any atom is -0.453 e. The highest BCUT2D eigenvalue weighted by Crippen LogP contribution is 2.32. The second-order valence-corrected chi connectivity index (χ2v) is 9.41. The van der Waals surface area contributed by atoms with Crippen LogP contribution >= 0.6 is 0 Å². The Morgan fingerprint density at radius 2 is 1.88 bits per heavy atom. The van der Waals surface area contributed by atoms with Crippen LogP contribution in [0.4, 0.5) is 0 Å². The van der Waals surface area contributed by atoms with Gasteiger partial charge in [-0.05, 0) is 58.6 Å². The summed E-state index contributed by atoms with van der Waals surface area (Å²) >= 11 is 0. The molecule has 2 fully saturated rings. The van der Waals surface area contributed by atoms with E-state index in [2.05, 4.69) is 11.9 Å². The molecule has 0 amide bonds. The number of hydrogen-bond donors (Lipinski definition) is 1. The molecule has 1 N–H and O–H groups in total. The fourth-order valence-corrected chi connectivity index (χ4v) is 5.12. The Labute approximate surface area is 190 Å². The van der Waals surface area contributed by atoms with Crippen molar-refractivity contribution in [2.45, 2.75) is 37.3 Å². The van der Waals surface area contributed by atoms with Crippen molar-refractivity contribution in [2.75, 3.05) is 27.2 Å². The van der Waals surface area contributed by atoms with E-state index in [9.17, 15) is 13.2 Å². The van der Waals surface area contributed by atoms with E-state index >= 15 is 0 Å². The van der Waals surface area contributed by atoms with Crippen molar-refractivity contribution in [3.63, 3.8) is 0 Å². The number of aldehydes is 1. The predicted octanol–water partition coefficient (Wildman–Crippen LogP) is 3.76. The van der Waals surface area contributed by atoms with E-state index in [1.807, 2.05) is 52.2 Å². The van der Waals surface area contributed by atoms with Gasteiger partial charge in [0.05, 0.1) is 23.6 Å². The van der Waals surface area contributed by atoms with Crippen LogP contribution in [0.25, 0.3) is 12.2 Å². The lowest BCUT2D eigenvalue weighted by molar-refractivity contribution is 0.0608. The van der Waals surface area contributed by atoms with Crippen molar-refractivity contribution >= 4 is 28.5 Å². The zero-order chi connectivity index (χ0) is 23.7. The van der Waals surface area contributed by atoms with E-state index in [4.69, 9.17) is 9.15 Å². The molecular weight excluding hydrogens is 428 g/mol. The standard InChI is InChI=1S/C12H15NO3S.C10H10O2.C2H7N/c1-9-2-4-12(5-3-9)17(14,15)13-7-11-6-10(13)8-16-11;1-3-5-8-6-9(7-11)12-10(8)4-2;1-3-2/h2-5,10-11H,6-8H2,1H3;3-7H,2H2,1H3;3H,1-2H3/b;5-3-;. The average Bonchev–Trinajstić information content (AvgIpc) is 3.51. The van der Waals surface area contributed by atoms with Gasteiger partial charge in [-0.25, -0.2) is 8.42 Å². The van der Waals surface area contributed by atoms with Gasteiger partial charge in [0.1, 0.15) is 5.76 Å². The first-order chi connectivity index (χ1) is 15.3. The van der Waals surface area contributed by atoms with Crippen LogP contribution < -0.4 is 5.32 Å². The summed E-state index contributed by atoms with van der Waals surface area (Å²) < 4.78 is 37.0. The van der Waals surface area contributed by atoms with Crippen molar-refractivity contribution in [1.82, 2.24) is 9.62 Å². The van der Waals surface area contributed by atoms with Gasteiger partial charge in [0, 0.05) is 12.1 Å². The third kappa shape index (κ3) is 6.26. The van der Waals surface area contributed by atoms with Crippen molar-refractivity contribution in [3.8, 4) is 0 Å². The second kappa shape index (κ2) is 11.9. The maximum absolute atomic E-state index is 12.4. The molecule has 2 aliphatic rings. The van der Waals surface area contributed by atoms with E-state index in [1.165, 1.54) is 0 Å². The number of allylic oxidation sites excluding steroid dienone is 1. The van der Waals surface area contributed by atoms with E-state index < -0.39 is 10.0 Å². The lowest BCUT2D eigenvalue weighted by Gasteiger charge is -2.26. The number of fused-ring (bicyclic) bond motifs is 2. The highest BCUT2D eigenvalue weighted by atomic mass is 32.2. The van der Waals surface area contributed by atoms with Gasteiger partial charge >= 0.3 is 0 Å². The summed E-state index contributed by atoms with van der Waals surface area (Å²) in [5.41, 5.74) is 1.95. The maximum Gasteiger partial charge on any atom is 0.243 e. The molecule has 3 heterocycles. The Balaban J connectivity index is 0.000000213. The number of nitrogens with one attached hydrogen (secondary N) is 1. The Hall–Kier alpha value is -2.52. The van der Waals surface area contributed by atoms with E-state index in [0.717, 1.165) is 17.5 Å². The van der Waals surface area contributed by atoms with Crippen LogP contribution in [-0.2, 0) is 14.8 Å². The SMILES string of the molecule is C=Cc1oc(C=O)cc1/C=C\C.CNC.Cc1ccc(S(=O)(=O)N2CC3CC2CO3)cc1. The van der Waals surface area contributed by atoms with Gasteiger partial charge in [-0.2, -0.15) is 4.31 Å². The number of furan rings is 1. The summed E-state index contributed by atoms with van der Waals surface area (Å²) in [6.45, 7) is 8.47. The highest BCUT2D eigenvalue weighted by molar-refractivity contribution is 7.89. The number of sulfonamides is 1. The van der Waals surface area contributed by atoms with E-state index in [0.29, 0.717) is 35.9 Å². The zero-order valence-corrected chi connectivity index (χ0v) is 19.9. The summed E-state index contributed by atoms with van der Waals surface area (Å²) in [6, 6.07) is 8.74. The van der Waals surface area contributed by atoms with Crippen LogP contribution in [0.1, 0.15) is 40.8 Å². The van der Waals surface area contributed by atoms with Gasteiger partial charge in [-0.3, -0.25) is 4.79 Å². The van der Waals surface area contributed by atoms with E-state index in [1.54, 1.807) is 28.6 Å². The minimum absolute atomic E-state index is 0.0336. The predicted molar refractivity (Wildman–Crippen MR) is 127 cm³/mol. The molecule has 1 aromatic carbocycles. The maximum atomic E-state index is 12.4. The van der Waals surface area contributed by atoms with Gasteiger partial charge in [-0.1, -0.05) is 36.4 Å². The summed E-state index contributed by atoms with van der Waals surface area (Å²) in [5, 5.41) is 2.75. The lowest BCUT2D eigenvalue weighted by atomic mass is 10.2. The number of aryl methyl sites for hydroxylation is 1. The lowest BCUT2D eigenvalue weighted by Crippen LogP contribution is -2.41. The summed E-state index contributed by atoms with van der Waals surface area (Å²) in [4.78, 5) is 10.7. The second-order valence-electron chi connectivity index (χ2n) is 7.52. The van der Waals surface area contributed by atoms with Crippen LogP contribution in [0, 0.1) is 6.92 Å². The van der Waals surface area contributed by atoms with Gasteiger partial charge in [0.25, 0.3) is 0 Å². The zero-order valence-electron chi connectivity index (χ0n) is 19.1. The van der Waals surface area contributed by atoms with E-state index in [-0.39, 0.29) is 12.1 Å². The Morgan fingerprint density at radius 3 is 2.34 bits per heavy atom. The van der Waals surface area contributed by atoms with Crippen molar-refractivity contribution in [2.24, 2.45) is 0 Å². The Morgan fingerprint density at radius 1 is 1.22 bits per heavy atom. The van der Waals surface area contributed by atoms with Crippen molar-refractivity contribution in [1.29, 1.82) is 0 Å². The highest BCUT2D eigenvalue weighted by Gasteiger charge is 2.45. The largest absolute Gasteiger partial charge is 0.453 e. The van der Waals surface area contributed by atoms with Gasteiger partial charge in [0.2, 0.25) is 10.0 Å². The summed E-state index contributed by atoms with van der Waals surface area (Å²) in [7, 11) is 0.417. The first-order valence-corrected chi connectivity index (χ1v) is 11.9. The van der Waals surface area contributed by atoms with Crippen molar-refractivity contribution in [3.05, 3.63) is 65.6 Å². The molecule has 2 aromatic rings. The molecule has 0 radical (unpaired) electrons. The molecule has 2 unspecified atom stereocenters. The summed E-state index contributed by atoms with van der Waals surface area (Å²) in [5.74, 6) is 0.966. The Bertz CT molecular complexity index is 1030. The molecule has 32 heavy (non-hydrogen) atoms. The normalized spacial score (nSPS) is 19.8. The first kappa shape index (κ1) is 25.7. The van der Waals surface area contributed by atoms with Gasteiger partial charge < -0.3 is 14.5 Å². The third-order valence-corrected chi connectivity index (χ3v) is 6.87. The van der Waals surface area contributed by atoms with Crippen LogP contribution in [0.2, 0.25) is 0 Å². The number of morpholine rings is 1. The first-order valence-electron chi connectivity index (χ1n) is 10.4. The van der Waals surface area contributed by atoms with Gasteiger partial charge in [0.15, 0.2) is 12.0 Å². The molecule has 2 aliphatic heterocycles. The smallest absolute Gasteiger partial charge is 0.243 e. The Kier molecular flexibility index (Phi) is 9.59. The summed E-state index contributed by atoms with van der Waals surface area (Å²) in [6.07, 6.45) is 6.95. The molecule has 0 aliphatic carbocycles. The number of carbonyl (C=O) groups excluding carboxylic acids is 1. The third-order valence-electron chi connectivity index (χ3n) is 4.94. The molecular formula is C24H32N2O5S. The molecule has 174 valence electrons. The molecule has 4 rings (SSSR count). The molecule has 8 heteroatoms. The molecule has 1 aromatic heterocycles. The molecule has 0 spiro atoms. The number of hydrogen-bond acceptors (Lipinski definition) is 6. The number of carbonyl (C=O) groups is 1. The van der Waals surface area contributed by atoms with Crippen LogP contribution in [0.5, 0.6) is 0 Å². The van der Waals surface area contributed by atoms with Gasteiger partial charge in [-0.15, -0.1) is 0 Å². The van der Waals surface area contributed by atoms with Crippen LogP contribution in [-0.4, -0.2) is 58.4 Å². The molecule has 0 saturated carbocycles. The molecule has 2 bridgehead atoms. The van der Waals surface area contributed by atoms with Crippen molar-refractivity contribution < 1.29 is 22.4 Å². The molecule has 2 atom stereocenters. The number of ether oxygens (including phenoxy) is 1. The minimum atomic E-state index is -3.33. The van der Waals surface area contributed by atoms with Crippen LogP contribution in [0.15, 0.2) is 52.3 Å². The fourth-order valence-electron chi connectivity index (χ4n) is 3.47. The molecule has 2 saturated heterocycles.